The highest BCUT2D eigenvalue weighted by molar-refractivity contribution is 5.97. The molecule has 0 atom stereocenters. The number of benzene rings is 2. The number of nitro benzene ring substituents is 1. The highest BCUT2D eigenvalue weighted by Gasteiger charge is 2.23. The number of anilines is 1. The second-order valence-electron chi connectivity index (χ2n) is 6.35. The first-order valence-corrected chi connectivity index (χ1v) is 8.67. The molecule has 0 unspecified atom stereocenters. The third-order valence-electron chi connectivity index (χ3n) is 4.13. The monoisotopic (exact) mass is 368 g/mol. The fourth-order valence-corrected chi connectivity index (χ4v) is 2.54. The molecule has 3 N–H and O–H groups in total. The van der Waals surface area contributed by atoms with Crippen LogP contribution in [-0.2, 0) is 11.3 Å². The number of nitrogens with zero attached hydrogens (tertiary/aromatic N) is 1. The number of nitro groups is 1. The molecule has 2 amide bonds. The Morgan fingerprint density at radius 2 is 1.85 bits per heavy atom. The summed E-state index contributed by atoms with van der Waals surface area (Å²) in [6, 6.07) is 13.9. The Morgan fingerprint density at radius 1 is 1.11 bits per heavy atom. The van der Waals surface area contributed by atoms with E-state index in [0.717, 1.165) is 18.4 Å². The molecule has 8 heteroatoms. The minimum absolute atomic E-state index is 0.131. The zero-order valence-corrected chi connectivity index (χ0v) is 14.6. The van der Waals surface area contributed by atoms with Crippen molar-refractivity contribution in [2.45, 2.75) is 25.4 Å². The molecule has 8 nitrogen and oxygen atoms in total. The van der Waals surface area contributed by atoms with E-state index in [0.29, 0.717) is 12.2 Å². The molecular weight excluding hydrogens is 348 g/mol. The molecule has 2 aromatic carbocycles. The zero-order chi connectivity index (χ0) is 19.2. The van der Waals surface area contributed by atoms with Crippen molar-refractivity contribution in [1.82, 2.24) is 10.6 Å². The summed E-state index contributed by atoms with van der Waals surface area (Å²) in [6.07, 6.45) is 1.92. The molecule has 0 aliphatic heterocycles. The van der Waals surface area contributed by atoms with Gasteiger partial charge in [-0.15, -0.1) is 0 Å². The Labute approximate surface area is 156 Å². The van der Waals surface area contributed by atoms with Gasteiger partial charge in [0.15, 0.2) is 0 Å². The number of carbonyl (C=O) groups is 2. The fraction of sp³-hybridized carbons (Fsp3) is 0.263. The third-order valence-corrected chi connectivity index (χ3v) is 4.13. The van der Waals surface area contributed by atoms with Gasteiger partial charge in [-0.25, -0.2) is 0 Å². The lowest BCUT2D eigenvalue weighted by atomic mass is 10.1. The molecular formula is C19H20N4O4. The molecule has 2 aromatic rings. The van der Waals surface area contributed by atoms with Crippen LogP contribution in [0.15, 0.2) is 48.5 Å². The van der Waals surface area contributed by atoms with Gasteiger partial charge in [0.1, 0.15) is 5.69 Å². The molecule has 0 heterocycles. The lowest BCUT2D eigenvalue weighted by Gasteiger charge is -2.09. The molecule has 3 rings (SSSR count). The van der Waals surface area contributed by atoms with Gasteiger partial charge in [-0.05, 0) is 30.5 Å². The molecule has 140 valence electrons. The normalized spacial score (nSPS) is 12.9. The molecule has 1 fully saturated rings. The standard InChI is InChI=1S/C19H20N4O4/c24-18(22-15-7-8-15)12-21-19(25)14-6-9-16(17(10-14)23(26)27)20-11-13-4-2-1-3-5-13/h1-6,9-10,15,20H,7-8,11-12H2,(H,21,25)(H,22,24). The summed E-state index contributed by atoms with van der Waals surface area (Å²) in [4.78, 5) is 34.7. The summed E-state index contributed by atoms with van der Waals surface area (Å²) in [7, 11) is 0. The van der Waals surface area contributed by atoms with Crippen LogP contribution in [0.2, 0.25) is 0 Å². The van der Waals surface area contributed by atoms with Crippen LogP contribution < -0.4 is 16.0 Å². The quantitative estimate of drug-likeness (QED) is 0.488. The number of hydrogen-bond acceptors (Lipinski definition) is 5. The molecule has 27 heavy (non-hydrogen) atoms. The van der Waals surface area contributed by atoms with E-state index >= 15 is 0 Å². The maximum absolute atomic E-state index is 12.2. The van der Waals surface area contributed by atoms with Crippen molar-refractivity contribution >= 4 is 23.2 Å². The van der Waals surface area contributed by atoms with Gasteiger partial charge in [0.25, 0.3) is 11.6 Å². The molecule has 1 saturated carbocycles. The Hall–Kier alpha value is -3.42. The number of rotatable bonds is 8. The fourth-order valence-electron chi connectivity index (χ4n) is 2.54. The maximum atomic E-state index is 12.2. The average molecular weight is 368 g/mol. The van der Waals surface area contributed by atoms with E-state index in [2.05, 4.69) is 16.0 Å². The van der Waals surface area contributed by atoms with Crippen molar-refractivity contribution in [2.24, 2.45) is 0 Å². The van der Waals surface area contributed by atoms with E-state index < -0.39 is 10.8 Å². The van der Waals surface area contributed by atoms with E-state index in [9.17, 15) is 19.7 Å². The van der Waals surface area contributed by atoms with Gasteiger partial charge in [-0.1, -0.05) is 30.3 Å². The highest BCUT2D eigenvalue weighted by Crippen LogP contribution is 2.26. The summed E-state index contributed by atoms with van der Waals surface area (Å²) >= 11 is 0. The first-order valence-electron chi connectivity index (χ1n) is 8.67. The van der Waals surface area contributed by atoms with Crippen molar-refractivity contribution in [3.05, 3.63) is 69.8 Å². The van der Waals surface area contributed by atoms with Crippen LogP contribution in [0.1, 0.15) is 28.8 Å². The van der Waals surface area contributed by atoms with E-state index in [1.807, 2.05) is 30.3 Å². The molecule has 0 bridgehead atoms. The van der Waals surface area contributed by atoms with Gasteiger partial charge in [0, 0.05) is 24.2 Å². The van der Waals surface area contributed by atoms with Crippen LogP contribution in [0.3, 0.4) is 0 Å². The molecule has 0 saturated heterocycles. The van der Waals surface area contributed by atoms with Crippen LogP contribution >= 0.6 is 0 Å². The summed E-state index contributed by atoms with van der Waals surface area (Å²) in [5, 5.41) is 19.6. The van der Waals surface area contributed by atoms with Crippen molar-refractivity contribution < 1.29 is 14.5 Å². The summed E-state index contributed by atoms with van der Waals surface area (Å²) in [5.74, 6) is -0.792. The Balaban J connectivity index is 1.64. The molecule has 1 aliphatic rings. The van der Waals surface area contributed by atoms with Crippen LogP contribution in [0, 0.1) is 10.1 Å². The van der Waals surface area contributed by atoms with E-state index in [1.165, 1.54) is 18.2 Å². The molecule has 0 spiro atoms. The lowest BCUT2D eigenvalue weighted by Crippen LogP contribution is -2.37. The minimum Gasteiger partial charge on any atom is -0.375 e. The zero-order valence-electron chi connectivity index (χ0n) is 14.6. The van der Waals surface area contributed by atoms with E-state index in [1.54, 1.807) is 0 Å². The van der Waals surface area contributed by atoms with E-state index in [4.69, 9.17) is 0 Å². The topological polar surface area (TPSA) is 113 Å². The van der Waals surface area contributed by atoms with Gasteiger partial charge in [0.2, 0.25) is 5.91 Å². The number of hydrogen-bond donors (Lipinski definition) is 3. The molecule has 0 aromatic heterocycles. The van der Waals surface area contributed by atoms with Crippen LogP contribution in [0.25, 0.3) is 0 Å². The Bertz CT molecular complexity index is 850. The Morgan fingerprint density at radius 3 is 2.52 bits per heavy atom. The van der Waals surface area contributed by atoms with Crippen LogP contribution in [-0.4, -0.2) is 29.3 Å². The summed E-state index contributed by atoms with van der Waals surface area (Å²) < 4.78 is 0. The predicted octanol–water partition coefficient (Wildman–Crippen LogP) is 2.22. The first-order chi connectivity index (χ1) is 13.0. The number of carbonyl (C=O) groups excluding carboxylic acids is 2. The van der Waals surface area contributed by atoms with E-state index in [-0.39, 0.29) is 29.7 Å². The Kier molecular flexibility index (Phi) is 5.65. The van der Waals surface area contributed by atoms with Crippen LogP contribution in [0.5, 0.6) is 0 Å². The summed E-state index contributed by atoms with van der Waals surface area (Å²) in [5.41, 5.74) is 1.24. The second kappa shape index (κ2) is 8.31. The smallest absolute Gasteiger partial charge is 0.293 e. The largest absolute Gasteiger partial charge is 0.375 e. The van der Waals surface area contributed by atoms with Crippen molar-refractivity contribution in [3.63, 3.8) is 0 Å². The average Bonchev–Trinajstić information content (AvgIpc) is 3.49. The SMILES string of the molecule is O=C(CNC(=O)c1ccc(NCc2ccccc2)c([N+](=O)[O-])c1)NC1CC1. The van der Waals surface area contributed by atoms with Crippen LogP contribution in [0.4, 0.5) is 11.4 Å². The van der Waals surface area contributed by atoms with Crippen molar-refractivity contribution in [3.8, 4) is 0 Å². The highest BCUT2D eigenvalue weighted by atomic mass is 16.6. The van der Waals surface area contributed by atoms with Gasteiger partial charge in [0.05, 0.1) is 11.5 Å². The maximum Gasteiger partial charge on any atom is 0.293 e. The summed E-state index contributed by atoms with van der Waals surface area (Å²) in [6.45, 7) is 0.270. The molecule has 0 radical (unpaired) electrons. The second-order valence-corrected chi connectivity index (χ2v) is 6.35. The minimum atomic E-state index is -0.538. The predicted molar refractivity (Wildman–Crippen MR) is 100 cm³/mol. The first kappa shape index (κ1) is 18.4. The van der Waals surface area contributed by atoms with Gasteiger partial charge in [-0.2, -0.15) is 0 Å². The van der Waals surface area contributed by atoms with Gasteiger partial charge < -0.3 is 16.0 Å². The molecule has 1 aliphatic carbocycles. The van der Waals surface area contributed by atoms with Gasteiger partial charge in [-0.3, -0.25) is 19.7 Å². The van der Waals surface area contributed by atoms with Gasteiger partial charge >= 0.3 is 0 Å². The third kappa shape index (κ3) is 5.27. The van der Waals surface area contributed by atoms with Crippen molar-refractivity contribution in [2.75, 3.05) is 11.9 Å². The number of amides is 2. The van der Waals surface area contributed by atoms with Crippen molar-refractivity contribution in [1.29, 1.82) is 0 Å². The lowest BCUT2D eigenvalue weighted by molar-refractivity contribution is -0.384. The number of nitrogens with one attached hydrogen (secondary N) is 3.